The monoisotopic (exact) mass is 295 g/mol. The summed E-state index contributed by atoms with van der Waals surface area (Å²) in [7, 11) is 0. The normalized spacial score (nSPS) is 27.4. The fourth-order valence-electron chi connectivity index (χ4n) is 3.10. The fourth-order valence-corrected chi connectivity index (χ4v) is 3.28. The minimum absolute atomic E-state index is 0.0888. The van der Waals surface area contributed by atoms with E-state index in [0.29, 0.717) is 11.2 Å². The molecule has 3 nitrogen and oxygen atoms in total. The summed E-state index contributed by atoms with van der Waals surface area (Å²) in [6, 6.07) is 2.33. The highest BCUT2D eigenvalue weighted by Gasteiger charge is 2.25. The van der Waals surface area contributed by atoms with Crippen LogP contribution in [0.15, 0.2) is 6.07 Å². The van der Waals surface area contributed by atoms with Crippen molar-refractivity contribution in [1.29, 1.82) is 0 Å². The molecule has 1 aromatic rings. The van der Waals surface area contributed by atoms with Gasteiger partial charge in [-0.3, -0.25) is 0 Å². The average molecular weight is 296 g/mol. The molecule has 0 aromatic carbocycles. The van der Waals surface area contributed by atoms with Gasteiger partial charge in [0.1, 0.15) is 16.8 Å². The number of hydrogen-bond donors (Lipinski definition) is 1. The van der Waals surface area contributed by atoms with Gasteiger partial charge in [-0.2, -0.15) is 0 Å². The Bertz CT molecular complexity index is 457. The summed E-state index contributed by atoms with van der Waals surface area (Å²) in [6.07, 6.45) is 3.74. The van der Waals surface area contributed by atoms with Gasteiger partial charge in [-0.1, -0.05) is 46.2 Å². The van der Waals surface area contributed by atoms with Crippen LogP contribution in [-0.2, 0) is 5.41 Å². The Morgan fingerprint density at radius 3 is 2.25 bits per heavy atom. The first-order valence-corrected chi connectivity index (χ1v) is 7.93. The molecule has 1 heterocycles. The first-order valence-electron chi connectivity index (χ1n) is 7.55. The van der Waals surface area contributed by atoms with Crippen molar-refractivity contribution in [2.24, 2.45) is 11.8 Å². The zero-order chi connectivity index (χ0) is 14.9. The van der Waals surface area contributed by atoms with Crippen LogP contribution in [0, 0.1) is 11.8 Å². The summed E-state index contributed by atoms with van der Waals surface area (Å²) in [4.78, 5) is 8.98. The van der Waals surface area contributed by atoms with Gasteiger partial charge in [-0.05, 0) is 31.1 Å². The van der Waals surface area contributed by atoms with Crippen molar-refractivity contribution in [3.63, 3.8) is 0 Å². The third kappa shape index (κ3) is 4.08. The maximum absolute atomic E-state index is 6.14. The van der Waals surface area contributed by atoms with Gasteiger partial charge in [-0.25, -0.2) is 9.97 Å². The minimum Gasteiger partial charge on any atom is -0.367 e. The van der Waals surface area contributed by atoms with Gasteiger partial charge in [0, 0.05) is 17.5 Å². The molecule has 1 saturated carbocycles. The van der Waals surface area contributed by atoms with Crippen LogP contribution < -0.4 is 5.32 Å². The quantitative estimate of drug-likeness (QED) is 0.806. The van der Waals surface area contributed by atoms with Crippen LogP contribution in [0.25, 0.3) is 0 Å². The van der Waals surface area contributed by atoms with Gasteiger partial charge >= 0.3 is 0 Å². The Morgan fingerprint density at radius 2 is 1.70 bits per heavy atom. The van der Waals surface area contributed by atoms with E-state index >= 15 is 0 Å². The Balaban J connectivity index is 2.15. The molecular formula is C16H26ClN3. The standard InChI is InChI=1S/C16H26ClN3/c1-10-6-11(2)8-12(7-10)18-14-9-13(17)19-15(20-14)16(3,4)5/h9-12H,6-8H2,1-5H3,(H,18,19,20). The molecule has 0 spiro atoms. The number of nitrogens with zero attached hydrogens (tertiary/aromatic N) is 2. The van der Waals surface area contributed by atoms with Crippen molar-refractivity contribution in [3.8, 4) is 0 Å². The van der Waals surface area contributed by atoms with Crippen LogP contribution in [0.3, 0.4) is 0 Å². The lowest BCUT2D eigenvalue weighted by Crippen LogP contribution is -2.31. The van der Waals surface area contributed by atoms with Crippen molar-refractivity contribution in [1.82, 2.24) is 9.97 Å². The van der Waals surface area contributed by atoms with Crippen molar-refractivity contribution in [3.05, 3.63) is 17.0 Å². The molecule has 1 fully saturated rings. The maximum Gasteiger partial charge on any atom is 0.137 e. The molecule has 1 aromatic heterocycles. The van der Waals surface area contributed by atoms with Crippen LogP contribution in [-0.4, -0.2) is 16.0 Å². The Morgan fingerprint density at radius 1 is 1.10 bits per heavy atom. The third-order valence-corrected chi connectivity index (χ3v) is 4.09. The molecule has 20 heavy (non-hydrogen) atoms. The summed E-state index contributed by atoms with van der Waals surface area (Å²) >= 11 is 6.14. The van der Waals surface area contributed by atoms with Gasteiger partial charge in [0.05, 0.1) is 0 Å². The third-order valence-electron chi connectivity index (χ3n) is 3.90. The molecule has 112 valence electrons. The Labute approximate surface area is 127 Å². The Hall–Kier alpha value is -0.830. The zero-order valence-corrected chi connectivity index (χ0v) is 14.0. The van der Waals surface area contributed by atoms with E-state index in [0.717, 1.165) is 23.5 Å². The minimum atomic E-state index is -0.0888. The van der Waals surface area contributed by atoms with E-state index in [1.807, 2.05) is 6.07 Å². The van der Waals surface area contributed by atoms with Crippen LogP contribution in [0.2, 0.25) is 5.15 Å². The predicted molar refractivity (Wildman–Crippen MR) is 85.3 cm³/mol. The second-order valence-electron chi connectivity index (χ2n) is 7.41. The van der Waals surface area contributed by atoms with E-state index in [1.54, 1.807) is 0 Å². The highest BCUT2D eigenvalue weighted by Crippen LogP contribution is 2.31. The lowest BCUT2D eigenvalue weighted by molar-refractivity contribution is 0.280. The van der Waals surface area contributed by atoms with Crippen LogP contribution in [0.1, 0.15) is 59.7 Å². The highest BCUT2D eigenvalue weighted by molar-refractivity contribution is 6.29. The molecule has 0 saturated heterocycles. The molecule has 0 bridgehead atoms. The summed E-state index contributed by atoms with van der Waals surface area (Å²) in [5.41, 5.74) is -0.0888. The van der Waals surface area contributed by atoms with Crippen molar-refractivity contribution < 1.29 is 0 Å². The van der Waals surface area contributed by atoms with Crippen molar-refractivity contribution >= 4 is 17.4 Å². The van der Waals surface area contributed by atoms with E-state index in [4.69, 9.17) is 11.6 Å². The lowest BCUT2D eigenvalue weighted by atomic mass is 9.80. The molecule has 2 atom stereocenters. The van der Waals surface area contributed by atoms with E-state index < -0.39 is 0 Å². The second-order valence-corrected chi connectivity index (χ2v) is 7.80. The number of nitrogens with one attached hydrogen (secondary N) is 1. The molecule has 1 aliphatic carbocycles. The fraction of sp³-hybridized carbons (Fsp3) is 0.750. The van der Waals surface area contributed by atoms with Gasteiger partial charge < -0.3 is 5.32 Å². The summed E-state index contributed by atoms with van der Waals surface area (Å²) in [5, 5.41) is 4.08. The van der Waals surface area contributed by atoms with Crippen molar-refractivity contribution in [2.45, 2.75) is 65.3 Å². The van der Waals surface area contributed by atoms with Crippen LogP contribution >= 0.6 is 11.6 Å². The number of aromatic nitrogens is 2. The molecule has 0 aliphatic heterocycles. The molecule has 2 unspecified atom stereocenters. The molecule has 0 radical (unpaired) electrons. The molecule has 0 amide bonds. The lowest BCUT2D eigenvalue weighted by Gasteiger charge is -2.32. The van der Waals surface area contributed by atoms with Gasteiger partial charge in [0.25, 0.3) is 0 Å². The van der Waals surface area contributed by atoms with Gasteiger partial charge in [0.15, 0.2) is 0 Å². The largest absolute Gasteiger partial charge is 0.367 e. The summed E-state index contributed by atoms with van der Waals surface area (Å²) in [5.74, 6) is 3.21. The van der Waals surface area contributed by atoms with Crippen LogP contribution in [0.4, 0.5) is 5.82 Å². The Kier molecular flexibility index (Phi) is 4.58. The summed E-state index contributed by atoms with van der Waals surface area (Å²) < 4.78 is 0. The number of hydrogen-bond acceptors (Lipinski definition) is 3. The molecule has 1 N–H and O–H groups in total. The van der Waals surface area contributed by atoms with Gasteiger partial charge in [-0.15, -0.1) is 0 Å². The predicted octanol–water partition coefficient (Wildman–Crippen LogP) is 4.66. The topological polar surface area (TPSA) is 37.8 Å². The number of anilines is 1. The second kappa shape index (κ2) is 5.88. The van der Waals surface area contributed by atoms with Crippen molar-refractivity contribution in [2.75, 3.05) is 5.32 Å². The molecule has 2 rings (SSSR count). The maximum atomic E-state index is 6.14. The number of rotatable bonds is 2. The first-order chi connectivity index (χ1) is 9.24. The van der Waals surface area contributed by atoms with E-state index in [1.165, 1.54) is 19.3 Å². The first kappa shape index (κ1) is 15.6. The van der Waals surface area contributed by atoms with Crippen LogP contribution in [0.5, 0.6) is 0 Å². The molecule has 4 heteroatoms. The molecule has 1 aliphatic rings. The summed E-state index contributed by atoms with van der Waals surface area (Å²) in [6.45, 7) is 11.0. The van der Waals surface area contributed by atoms with E-state index in [9.17, 15) is 0 Å². The SMILES string of the molecule is CC1CC(C)CC(Nc2cc(Cl)nc(C(C)(C)C)n2)C1. The van der Waals surface area contributed by atoms with E-state index in [-0.39, 0.29) is 5.41 Å². The number of halogens is 1. The zero-order valence-electron chi connectivity index (χ0n) is 13.2. The van der Waals surface area contributed by atoms with Gasteiger partial charge in [0.2, 0.25) is 0 Å². The van der Waals surface area contributed by atoms with E-state index in [2.05, 4.69) is 49.9 Å². The highest BCUT2D eigenvalue weighted by atomic mass is 35.5. The molecular weight excluding hydrogens is 270 g/mol. The average Bonchev–Trinajstić information content (AvgIpc) is 2.25. The smallest absolute Gasteiger partial charge is 0.137 e.